The maximum absolute atomic E-state index is 11.6. The molecule has 118 valence electrons. The van der Waals surface area contributed by atoms with Gasteiger partial charge in [0.1, 0.15) is 0 Å². The maximum atomic E-state index is 11.6. The van der Waals surface area contributed by atoms with Crippen LogP contribution in [0.2, 0.25) is 0 Å². The number of hydrogen-bond acceptors (Lipinski definition) is 2. The van der Waals surface area contributed by atoms with E-state index in [0.717, 1.165) is 11.1 Å². The highest BCUT2D eigenvalue weighted by molar-refractivity contribution is 6.04. The standard InChI is InChI=1S/C17H14O.C4H9N/c18-17(13-11-15-7-3-1-4-8-15)14-12-16-9-5-2-6-10-16;1-2-4-5-3-1/h1-14H;5H,1-4H2. The summed E-state index contributed by atoms with van der Waals surface area (Å²) in [6, 6.07) is 19.6. The lowest BCUT2D eigenvalue weighted by Gasteiger charge is -1.91. The summed E-state index contributed by atoms with van der Waals surface area (Å²) in [6.45, 7) is 2.50. The fourth-order valence-corrected chi connectivity index (χ4v) is 2.17. The number of nitrogens with one attached hydrogen (secondary N) is 1. The number of benzene rings is 2. The third kappa shape index (κ3) is 7.39. The summed E-state index contributed by atoms with van der Waals surface area (Å²) in [7, 11) is 0. The van der Waals surface area contributed by atoms with Crippen LogP contribution in [0.3, 0.4) is 0 Å². The van der Waals surface area contributed by atoms with Crippen molar-refractivity contribution in [3.05, 3.63) is 83.9 Å². The first kappa shape index (κ1) is 16.9. The highest BCUT2D eigenvalue weighted by Gasteiger charge is 1.93. The molecule has 2 heteroatoms. The third-order valence-electron chi connectivity index (χ3n) is 3.44. The van der Waals surface area contributed by atoms with E-state index in [9.17, 15) is 4.79 Å². The van der Waals surface area contributed by atoms with Gasteiger partial charge in [0, 0.05) is 0 Å². The van der Waals surface area contributed by atoms with Crippen LogP contribution in [0.1, 0.15) is 24.0 Å². The van der Waals surface area contributed by atoms with Gasteiger partial charge in [-0.15, -0.1) is 0 Å². The number of carbonyl (C=O) groups is 1. The van der Waals surface area contributed by atoms with E-state index in [1.54, 1.807) is 12.2 Å². The van der Waals surface area contributed by atoms with E-state index in [1.165, 1.54) is 25.9 Å². The molecule has 1 fully saturated rings. The van der Waals surface area contributed by atoms with E-state index >= 15 is 0 Å². The van der Waals surface area contributed by atoms with Gasteiger partial charge in [-0.3, -0.25) is 4.79 Å². The summed E-state index contributed by atoms with van der Waals surface area (Å²) in [5.41, 5.74) is 2.05. The highest BCUT2D eigenvalue weighted by Crippen LogP contribution is 2.03. The summed E-state index contributed by atoms with van der Waals surface area (Å²) in [4.78, 5) is 11.6. The summed E-state index contributed by atoms with van der Waals surface area (Å²) < 4.78 is 0. The zero-order valence-corrected chi connectivity index (χ0v) is 13.3. The highest BCUT2D eigenvalue weighted by atomic mass is 16.1. The van der Waals surface area contributed by atoms with Gasteiger partial charge in [-0.05, 0) is 49.2 Å². The van der Waals surface area contributed by atoms with E-state index < -0.39 is 0 Å². The van der Waals surface area contributed by atoms with Crippen molar-refractivity contribution in [1.82, 2.24) is 5.32 Å². The SMILES string of the molecule is C1CCNC1.O=C(C=Cc1ccccc1)C=Cc1ccccc1. The predicted molar refractivity (Wildman–Crippen MR) is 98.1 cm³/mol. The zero-order chi connectivity index (χ0) is 16.2. The van der Waals surface area contributed by atoms with Crippen LogP contribution in [-0.2, 0) is 4.79 Å². The van der Waals surface area contributed by atoms with Crippen LogP contribution in [-0.4, -0.2) is 18.9 Å². The lowest BCUT2D eigenvalue weighted by molar-refractivity contribution is -0.110. The Kier molecular flexibility index (Phi) is 7.58. The van der Waals surface area contributed by atoms with E-state index in [4.69, 9.17) is 0 Å². The smallest absolute Gasteiger partial charge is 0.178 e. The molecule has 0 spiro atoms. The van der Waals surface area contributed by atoms with Crippen LogP contribution >= 0.6 is 0 Å². The van der Waals surface area contributed by atoms with Crippen molar-refractivity contribution in [2.24, 2.45) is 0 Å². The fourth-order valence-electron chi connectivity index (χ4n) is 2.17. The minimum atomic E-state index is -0.0114. The molecule has 0 aromatic heterocycles. The first-order valence-electron chi connectivity index (χ1n) is 8.05. The average molecular weight is 305 g/mol. The van der Waals surface area contributed by atoms with Crippen LogP contribution in [0.5, 0.6) is 0 Å². The van der Waals surface area contributed by atoms with Crippen molar-refractivity contribution in [2.75, 3.05) is 13.1 Å². The molecule has 1 heterocycles. The quantitative estimate of drug-likeness (QED) is 0.851. The second kappa shape index (κ2) is 10.3. The topological polar surface area (TPSA) is 29.1 Å². The Balaban J connectivity index is 0.000000326. The van der Waals surface area contributed by atoms with Gasteiger partial charge in [-0.1, -0.05) is 72.8 Å². The Labute approximate surface area is 138 Å². The van der Waals surface area contributed by atoms with E-state index in [1.807, 2.05) is 72.8 Å². The largest absolute Gasteiger partial charge is 0.317 e. The molecule has 1 aliphatic rings. The molecule has 0 unspecified atom stereocenters. The van der Waals surface area contributed by atoms with Crippen molar-refractivity contribution >= 4 is 17.9 Å². The van der Waals surface area contributed by atoms with Crippen LogP contribution < -0.4 is 5.32 Å². The normalized spacial score (nSPS) is 13.9. The molecule has 1 aliphatic heterocycles. The summed E-state index contributed by atoms with van der Waals surface area (Å²) >= 11 is 0. The molecule has 23 heavy (non-hydrogen) atoms. The number of hydrogen-bond donors (Lipinski definition) is 1. The van der Waals surface area contributed by atoms with Crippen molar-refractivity contribution < 1.29 is 4.79 Å². The molecular weight excluding hydrogens is 282 g/mol. The molecule has 2 aromatic rings. The van der Waals surface area contributed by atoms with Gasteiger partial charge < -0.3 is 5.32 Å². The van der Waals surface area contributed by atoms with Gasteiger partial charge in [0.25, 0.3) is 0 Å². The average Bonchev–Trinajstić information content (AvgIpc) is 3.20. The van der Waals surface area contributed by atoms with Gasteiger partial charge in [-0.2, -0.15) is 0 Å². The Hall–Kier alpha value is -2.45. The van der Waals surface area contributed by atoms with Crippen LogP contribution in [0.25, 0.3) is 12.2 Å². The van der Waals surface area contributed by atoms with E-state index in [-0.39, 0.29) is 5.78 Å². The Bertz CT molecular complexity index is 566. The van der Waals surface area contributed by atoms with E-state index in [2.05, 4.69) is 5.32 Å². The van der Waals surface area contributed by atoms with Gasteiger partial charge in [-0.25, -0.2) is 0 Å². The molecule has 1 N–H and O–H groups in total. The number of ketones is 1. The Morgan fingerprint density at radius 1 is 0.739 bits per heavy atom. The Morgan fingerprint density at radius 3 is 1.52 bits per heavy atom. The van der Waals surface area contributed by atoms with Crippen molar-refractivity contribution in [2.45, 2.75) is 12.8 Å². The summed E-state index contributed by atoms with van der Waals surface area (Å²) in [5, 5.41) is 3.22. The van der Waals surface area contributed by atoms with Gasteiger partial charge in [0.05, 0.1) is 0 Å². The molecule has 0 atom stereocenters. The minimum absolute atomic E-state index is 0.0114. The summed E-state index contributed by atoms with van der Waals surface area (Å²) in [5.74, 6) is -0.0114. The van der Waals surface area contributed by atoms with Crippen molar-refractivity contribution in [1.29, 1.82) is 0 Å². The zero-order valence-electron chi connectivity index (χ0n) is 13.3. The number of allylic oxidation sites excluding steroid dienone is 2. The van der Waals surface area contributed by atoms with Crippen LogP contribution in [0, 0.1) is 0 Å². The maximum Gasteiger partial charge on any atom is 0.178 e. The Morgan fingerprint density at radius 2 is 1.17 bits per heavy atom. The molecule has 2 aromatic carbocycles. The minimum Gasteiger partial charge on any atom is -0.317 e. The van der Waals surface area contributed by atoms with Gasteiger partial charge in [0.2, 0.25) is 0 Å². The van der Waals surface area contributed by atoms with Crippen LogP contribution in [0.15, 0.2) is 72.8 Å². The molecule has 0 radical (unpaired) electrons. The second-order valence-electron chi connectivity index (χ2n) is 5.35. The first-order valence-corrected chi connectivity index (χ1v) is 8.05. The molecule has 0 saturated carbocycles. The lowest BCUT2D eigenvalue weighted by atomic mass is 10.1. The van der Waals surface area contributed by atoms with Crippen molar-refractivity contribution in [3.63, 3.8) is 0 Å². The lowest BCUT2D eigenvalue weighted by Crippen LogP contribution is -2.03. The molecular formula is C21H23NO. The van der Waals surface area contributed by atoms with Crippen LogP contribution in [0.4, 0.5) is 0 Å². The molecule has 0 bridgehead atoms. The molecule has 3 rings (SSSR count). The van der Waals surface area contributed by atoms with Gasteiger partial charge >= 0.3 is 0 Å². The molecule has 1 saturated heterocycles. The third-order valence-corrected chi connectivity index (χ3v) is 3.44. The first-order chi connectivity index (χ1) is 11.3. The van der Waals surface area contributed by atoms with Crippen molar-refractivity contribution in [3.8, 4) is 0 Å². The predicted octanol–water partition coefficient (Wildman–Crippen LogP) is 4.35. The summed E-state index contributed by atoms with van der Waals surface area (Å²) in [6.07, 6.45) is 9.57. The molecule has 0 amide bonds. The number of rotatable bonds is 4. The second-order valence-corrected chi connectivity index (χ2v) is 5.35. The molecule has 0 aliphatic carbocycles. The number of carbonyl (C=O) groups excluding carboxylic acids is 1. The van der Waals surface area contributed by atoms with E-state index in [0.29, 0.717) is 0 Å². The van der Waals surface area contributed by atoms with Gasteiger partial charge in [0.15, 0.2) is 5.78 Å². The monoisotopic (exact) mass is 305 g/mol. The molecule has 2 nitrogen and oxygen atoms in total. The fraction of sp³-hybridized carbons (Fsp3) is 0.190.